The molecule has 15 heavy (non-hydrogen) atoms. The van der Waals surface area contributed by atoms with E-state index in [0.717, 1.165) is 25.2 Å². The number of phenols is 2. The minimum absolute atomic E-state index is 0. The number of piperazine rings is 1. The van der Waals surface area contributed by atoms with Crippen LogP contribution in [0.15, 0.2) is 18.2 Å². The van der Waals surface area contributed by atoms with Gasteiger partial charge in [-0.15, -0.1) is 12.4 Å². The molecular weight excluding hydrogens is 216 g/mol. The number of benzene rings is 1. The molecule has 0 radical (unpaired) electrons. The fourth-order valence-electron chi connectivity index (χ4n) is 1.69. The molecule has 0 amide bonds. The number of nitrogens with one attached hydrogen (secondary N) is 2. The Balaban J connectivity index is 0.00000112. The Kier molecular flexibility index (Phi) is 4.20. The van der Waals surface area contributed by atoms with Gasteiger partial charge in [0.1, 0.15) is 11.5 Å². The molecule has 0 aromatic heterocycles. The van der Waals surface area contributed by atoms with E-state index in [1.165, 1.54) is 12.1 Å². The van der Waals surface area contributed by atoms with Crippen LogP contribution in [0, 0.1) is 0 Å². The molecular formula is C10H15ClN2O2. The molecule has 84 valence electrons. The van der Waals surface area contributed by atoms with Gasteiger partial charge in [-0.1, -0.05) is 0 Å². The van der Waals surface area contributed by atoms with Crippen molar-refractivity contribution in [1.29, 1.82) is 0 Å². The van der Waals surface area contributed by atoms with Crippen LogP contribution >= 0.6 is 12.4 Å². The second-order valence-corrected chi connectivity index (χ2v) is 3.45. The first-order valence-electron chi connectivity index (χ1n) is 4.73. The maximum Gasteiger partial charge on any atom is 0.120 e. The van der Waals surface area contributed by atoms with Crippen molar-refractivity contribution in [3.63, 3.8) is 0 Å². The molecule has 0 spiro atoms. The molecule has 1 aromatic rings. The quantitative estimate of drug-likeness (QED) is 0.538. The molecule has 1 atom stereocenters. The largest absolute Gasteiger partial charge is 0.508 e. The average molecular weight is 231 g/mol. The van der Waals surface area contributed by atoms with Gasteiger partial charge in [0.15, 0.2) is 0 Å². The minimum Gasteiger partial charge on any atom is -0.508 e. The average Bonchev–Trinajstić information content (AvgIpc) is 2.23. The van der Waals surface area contributed by atoms with E-state index in [4.69, 9.17) is 0 Å². The summed E-state index contributed by atoms with van der Waals surface area (Å²) in [6, 6.07) is 4.67. The molecule has 1 aliphatic rings. The van der Waals surface area contributed by atoms with Crippen molar-refractivity contribution < 1.29 is 10.2 Å². The third-order valence-electron chi connectivity index (χ3n) is 2.43. The molecule has 4 nitrogen and oxygen atoms in total. The van der Waals surface area contributed by atoms with Crippen LogP contribution in [0.25, 0.3) is 0 Å². The van der Waals surface area contributed by atoms with Crippen LogP contribution in [-0.2, 0) is 0 Å². The first kappa shape index (κ1) is 12.1. The number of aromatic hydroxyl groups is 2. The van der Waals surface area contributed by atoms with Crippen molar-refractivity contribution in [2.75, 3.05) is 19.6 Å². The van der Waals surface area contributed by atoms with Crippen LogP contribution in [0.4, 0.5) is 0 Å². The Morgan fingerprint density at radius 1 is 1.20 bits per heavy atom. The Morgan fingerprint density at radius 3 is 2.67 bits per heavy atom. The van der Waals surface area contributed by atoms with Gasteiger partial charge in [0.2, 0.25) is 0 Å². The summed E-state index contributed by atoms with van der Waals surface area (Å²) in [4.78, 5) is 0. The van der Waals surface area contributed by atoms with Crippen LogP contribution in [0.3, 0.4) is 0 Å². The lowest BCUT2D eigenvalue weighted by Gasteiger charge is -2.25. The topological polar surface area (TPSA) is 64.5 Å². The van der Waals surface area contributed by atoms with Gasteiger partial charge in [-0.05, 0) is 18.2 Å². The molecule has 4 N–H and O–H groups in total. The van der Waals surface area contributed by atoms with Gasteiger partial charge in [0, 0.05) is 31.2 Å². The lowest BCUT2D eigenvalue weighted by atomic mass is 10.0. The second kappa shape index (κ2) is 5.21. The Labute approximate surface area is 94.7 Å². The van der Waals surface area contributed by atoms with E-state index in [1.807, 2.05) is 0 Å². The molecule has 0 aliphatic carbocycles. The van der Waals surface area contributed by atoms with Crippen molar-refractivity contribution in [3.05, 3.63) is 23.8 Å². The molecule has 1 heterocycles. The van der Waals surface area contributed by atoms with Gasteiger partial charge in [-0.25, -0.2) is 0 Å². The SMILES string of the molecule is Cl.Oc1ccc(O)c([C@H]2CNCCN2)c1. The molecule has 0 unspecified atom stereocenters. The highest BCUT2D eigenvalue weighted by molar-refractivity contribution is 5.85. The van der Waals surface area contributed by atoms with Gasteiger partial charge in [0.05, 0.1) is 0 Å². The molecule has 1 aliphatic heterocycles. The predicted octanol–water partition coefficient (Wildman–Crippen LogP) is 0.753. The van der Waals surface area contributed by atoms with Crippen molar-refractivity contribution in [2.24, 2.45) is 0 Å². The highest BCUT2D eigenvalue weighted by atomic mass is 35.5. The summed E-state index contributed by atoms with van der Waals surface area (Å²) in [6.45, 7) is 2.59. The van der Waals surface area contributed by atoms with Crippen molar-refractivity contribution in [2.45, 2.75) is 6.04 Å². The van der Waals surface area contributed by atoms with Gasteiger partial charge in [-0.2, -0.15) is 0 Å². The Morgan fingerprint density at radius 2 is 2.00 bits per heavy atom. The Hall–Kier alpha value is -0.970. The van der Waals surface area contributed by atoms with Crippen LogP contribution in [0.1, 0.15) is 11.6 Å². The molecule has 0 saturated carbocycles. The molecule has 5 heteroatoms. The predicted molar refractivity (Wildman–Crippen MR) is 60.6 cm³/mol. The first-order valence-corrected chi connectivity index (χ1v) is 4.73. The van der Waals surface area contributed by atoms with Crippen molar-refractivity contribution in [1.82, 2.24) is 10.6 Å². The number of phenolic OH excluding ortho intramolecular Hbond substituents is 2. The zero-order valence-corrected chi connectivity index (χ0v) is 9.05. The van der Waals surface area contributed by atoms with E-state index in [-0.39, 0.29) is 29.9 Å². The lowest BCUT2D eigenvalue weighted by molar-refractivity contribution is 0.400. The standard InChI is InChI=1S/C10H14N2O2.ClH/c13-7-1-2-10(14)8(5-7)9-6-11-3-4-12-9;/h1-2,5,9,11-14H,3-4,6H2;1H/t9-;/m1./s1. The summed E-state index contributed by atoms with van der Waals surface area (Å²) in [5.74, 6) is 0.411. The van der Waals surface area contributed by atoms with Gasteiger partial charge < -0.3 is 20.8 Å². The van der Waals surface area contributed by atoms with E-state index >= 15 is 0 Å². The van der Waals surface area contributed by atoms with Crippen LogP contribution in [0.5, 0.6) is 11.5 Å². The fraction of sp³-hybridized carbons (Fsp3) is 0.400. The normalized spacial score (nSPS) is 20.7. The highest BCUT2D eigenvalue weighted by Crippen LogP contribution is 2.28. The zero-order chi connectivity index (χ0) is 9.97. The van der Waals surface area contributed by atoms with Crippen LogP contribution < -0.4 is 10.6 Å². The maximum atomic E-state index is 9.61. The summed E-state index contributed by atoms with van der Waals surface area (Å²) in [6.07, 6.45) is 0. The monoisotopic (exact) mass is 230 g/mol. The molecule has 1 saturated heterocycles. The summed E-state index contributed by atoms with van der Waals surface area (Å²) >= 11 is 0. The number of hydrogen-bond acceptors (Lipinski definition) is 4. The highest BCUT2D eigenvalue weighted by Gasteiger charge is 2.17. The fourth-order valence-corrected chi connectivity index (χ4v) is 1.69. The van der Waals surface area contributed by atoms with Crippen molar-refractivity contribution >= 4 is 12.4 Å². The zero-order valence-electron chi connectivity index (χ0n) is 8.23. The lowest BCUT2D eigenvalue weighted by Crippen LogP contribution is -2.42. The molecule has 2 rings (SSSR count). The summed E-state index contributed by atoms with van der Waals surface area (Å²) < 4.78 is 0. The number of rotatable bonds is 1. The summed E-state index contributed by atoms with van der Waals surface area (Å²) in [7, 11) is 0. The minimum atomic E-state index is 0. The molecule has 1 fully saturated rings. The van der Waals surface area contributed by atoms with Crippen LogP contribution in [0.2, 0.25) is 0 Å². The summed E-state index contributed by atoms with van der Waals surface area (Å²) in [5.41, 5.74) is 0.747. The molecule has 0 bridgehead atoms. The van der Waals surface area contributed by atoms with E-state index in [9.17, 15) is 10.2 Å². The van der Waals surface area contributed by atoms with E-state index in [1.54, 1.807) is 6.07 Å². The summed E-state index contributed by atoms with van der Waals surface area (Å²) in [5, 5.41) is 25.4. The van der Waals surface area contributed by atoms with Gasteiger partial charge >= 0.3 is 0 Å². The van der Waals surface area contributed by atoms with Crippen molar-refractivity contribution in [3.8, 4) is 11.5 Å². The smallest absolute Gasteiger partial charge is 0.120 e. The van der Waals surface area contributed by atoms with E-state index in [0.29, 0.717) is 0 Å². The van der Waals surface area contributed by atoms with Gasteiger partial charge in [0.25, 0.3) is 0 Å². The maximum absolute atomic E-state index is 9.61. The third kappa shape index (κ3) is 2.75. The third-order valence-corrected chi connectivity index (χ3v) is 2.43. The Bertz CT molecular complexity index is 327. The first-order chi connectivity index (χ1) is 6.77. The van der Waals surface area contributed by atoms with E-state index in [2.05, 4.69) is 10.6 Å². The number of halogens is 1. The van der Waals surface area contributed by atoms with E-state index < -0.39 is 0 Å². The molecule has 1 aromatic carbocycles. The number of hydrogen-bond donors (Lipinski definition) is 4. The van der Waals surface area contributed by atoms with Crippen LogP contribution in [-0.4, -0.2) is 29.8 Å². The second-order valence-electron chi connectivity index (χ2n) is 3.45. The van der Waals surface area contributed by atoms with Gasteiger partial charge in [-0.3, -0.25) is 0 Å².